The topological polar surface area (TPSA) is 69.2 Å². The van der Waals surface area contributed by atoms with Crippen molar-refractivity contribution in [1.29, 1.82) is 0 Å². The molecular formula is C23H27N3O2. The van der Waals surface area contributed by atoms with E-state index in [1.165, 1.54) is 10.8 Å². The Morgan fingerprint density at radius 1 is 1.21 bits per heavy atom. The molecule has 0 aliphatic carbocycles. The summed E-state index contributed by atoms with van der Waals surface area (Å²) in [4.78, 5) is 14.4. The summed E-state index contributed by atoms with van der Waals surface area (Å²) < 4.78 is 0. The van der Waals surface area contributed by atoms with Crippen molar-refractivity contribution in [2.24, 2.45) is 0 Å². The Labute approximate surface area is 165 Å². The van der Waals surface area contributed by atoms with Crippen molar-refractivity contribution < 1.29 is 9.90 Å². The number of amides is 1. The lowest BCUT2D eigenvalue weighted by Crippen LogP contribution is -2.45. The predicted octanol–water partition coefficient (Wildman–Crippen LogP) is 3.49. The number of aromatic amines is 1. The number of aliphatic hydroxyl groups is 1. The van der Waals surface area contributed by atoms with Gasteiger partial charge in [0.1, 0.15) is 0 Å². The normalized spacial score (nSPS) is 19.9. The van der Waals surface area contributed by atoms with Gasteiger partial charge in [-0.3, -0.25) is 9.89 Å². The van der Waals surface area contributed by atoms with Crippen LogP contribution in [0.5, 0.6) is 0 Å². The number of hydrogen-bond acceptors (Lipinski definition) is 3. The van der Waals surface area contributed by atoms with Crippen molar-refractivity contribution in [1.82, 2.24) is 15.1 Å². The number of aromatic nitrogens is 2. The molecule has 0 saturated carbocycles. The van der Waals surface area contributed by atoms with Crippen LogP contribution in [0.15, 0.2) is 42.5 Å². The highest BCUT2D eigenvalue weighted by Gasteiger charge is 2.31. The van der Waals surface area contributed by atoms with Gasteiger partial charge in [0.25, 0.3) is 0 Å². The second kappa shape index (κ2) is 7.76. The molecule has 1 aliphatic heterocycles. The number of carbonyl (C=O) groups excluding carboxylic acids is 1. The standard InChI is InChI=1S/C23H27N3O2/c1-15-16(2)24-25-21(15)9-10-23(28)26-12-11-20(22(27)14-26)19-8-7-17-5-3-4-6-18(17)13-19/h3-8,13,20,22,27H,9-12,14H2,1-2H3,(H,24,25)/t20-,22+/m0/s1. The minimum atomic E-state index is -0.534. The van der Waals surface area contributed by atoms with Crippen molar-refractivity contribution in [3.8, 4) is 0 Å². The molecule has 2 atom stereocenters. The van der Waals surface area contributed by atoms with Gasteiger partial charge in [-0.05, 0) is 42.2 Å². The van der Waals surface area contributed by atoms with Gasteiger partial charge in [-0.2, -0.15) is 5.10 Å². The molecule has 0 spiro atoms. The average Bonchev–Trinajstić information content (AvgIpc) is 3.03. The fourth-order valence-corrected chi connectivity index (χ4v) is 4.15. The zero-order valence-corrected chi connectivity index (χ0v) is 16.5. The second-order valence-electron chi connectivity index (χ2n) is 7.83. The molecule has 28 heavy (non-hydrogen) atoms. The van der Waals surface area contributed by atoms with Crippen LogP contribution in [0.4, 0.5) is 0 Å². The van der Waals surface area contributed by atoms with Gasteiger partial charge >= 0.3 is 0 Å². The third-order valence-corrected chi connectivity index (χ3v) is 6.07. The third kappa shape index (κ3) is 3.67. The zero-order chi connectivity index (χ0) is 19.7. The van der Waals surface area contributed by atoms with Gasteiger partial charge in [0.2, 0.25) is 5.91 Å². The molecule has 5 heteroatoms. The first-order chi connectivity index (χ1) is 13.5. The number of piperidine rings is 1. The van der Waals surface area contributed by atoms with Crippen LogP contribution in [0.25, 0.3) is 10.8 Å². The molecule has 0 unspecified atom stereocenters. The number of nitrogens with zero attached hydrogens (tertiary/aromatic N) is 2. The van der Waals surface area contributed by atoms with Crippen LogP contribution in [0.2, 0.25) is 0 Å². The van der Waals surface area contributed by atoms with Gasteiger partial charge in [-0.1, -0.05) is 42.5 Å². The lowest BCUT2D eigenvalue weighted by atomic mass is 9.86. The molecule has 0 radical (unpaired) electrons. The van der Waals surface area contributed by atoms with Gasteiger partial charge in [0.05, 0.1) is 11.8 Å². The summed E-state index contributed by atoms with van der Waals surface area (Å²) in [6, 6.07) is 14.7. The molecule has 1 amide bonds. The molecule has 0 bridgehead atoms. The minimum Gasteiger partial charge on any atom is -0.391 e. The van der Waals surface area contributed by atoms with Crippen LogP contribution in [0.1, 0.15) is 41.3 Å². The Hall–Kier alpha value is -2.66. The Morgan fingerprint density at radius 2 is 2.00 bits per heavy atom. The molecule has 1 fully saturated rings. The first-order valence-corrected chi connectivity index (χ1v) is 9.98. The van der Waals surface area contributed by atoms with Gasteiger partial charge in [-0.25, -0.2) is 0 Å². The zero-order valence-electron chi connectivity index (χ0n) is 16.5. The largest absolute Gasteiger partial charge is 0.391 e. The smallest absolute Gasteiger partial charge is 0.223 e. The summed E-state index contributed by atoms with van der Waals surface area (Å²) >= 11 is 0. The Balaban J connectivity index is 1.38. The number of H-pyrrole nitrogens is 1. The van der Waals surface area contributed by atoms with Crippen LogP contribution in [0.3, 0.4) is 0 Å². The SMILES string of the molecule is Cc1[nH]nc(CCC(=O)N2CC[C@@H](c3ccc4ccccc4c3)[C@H](O)C2)c1C. The summed E-state index contributed by atoms with van der Waals surface area (Å²) in [7, 11) is 0. The minimum absolute atomic E-state index is 0.0740. The van der Waals surface area contributed by atoms with E-state index in [0.717, 1.165) is 28.9 Å². The summed E-state index contributed by atoms with van der Waals surface area (Å²) in [6.07, 6.45) is 1.31. The van der Waals surface area contributed by atoms with Gasteiger partial charge in [0.15, 0.2) is 0 Å². The Kier molecular flexibility index (Phi) is 5.18. The number of hydrogen-bond donors (Lipinski definition) is 2. The molecule has 2 heterocycles. The number of carbonyl (C=O) groups is 1. The van der Waals surface area contributed by atoms with E-state index in [1.807, 2.05) is 26.0 Å². The van der Waals surface area contributed by atoms with E-state index in [9.17, 15) is 9.90 Å². The van der Waals surface area contributed by atoms with Crippen LogP contribution >= 0.6 is 0 Å². The van der Waals surface area contributed by atoms with E-state index in [2.05, 4.69) is 40.5 Å². The highest BCUT2D eigenvalue weighted by molar-refractivity contribution is 5.83. The lowest BCUT2D eigenvalue weighted by Gasteiger charge is -2.36. The maximum absolute atomic E-state index is 12.6. The highest BCUT2D eigenvalue weighted by Crippen LogP contribution is 2.31. The number of β-amino-alcohol motifs (C(OH)–C–C–N with tert-alkyl or cyclic N) is 1. The summed E-state index contributed by atoms with van der Waals surface area (Å²) in [5, 5.41) is 20.4. The Morgan fingerprint density at radius 3 is 2.71 bits per heavy atom. The van der Waals surface area contributed by atoms with E-state index in [1.54, 1.807) is 4.90 Å². The number of benzene rings is 2. The molecule has 1 aromatic heterocycles. The number of nitrogens with one attached hydrogen (secondary N) is 1. The number of aryl methyl sites for hydroxylation is 2. The van der Waals surface area contributed by atoms with Gasteiger partial charge in [0, 0.05) is 37.5 Å². The summed E-state index contributed by atoms with van der Waals surface area (Å²) in [5.41, 5.74) is 4.29. The van der Waals surface area contributed by atoms with E-state index in [4.69, 9.17) is 0 Å². The van der Waals surface area contributed by atoms with Crippen molar-refractivity contribution in [2.75, 3.05) is 13.1 Å². The fourth-order valence-electron chi connectivity index (χ4n) is 4.15. The van der Waals surface area contributed by atoms with Crippen LogP contribution in [-0.2, 0) is 11.2 Å². The first kappa shape index (κ1) is 18.7. The Bertz CT molecular complexity index is 994. The van der Waals surface area contributed by atoms with Gasteiger partial charge < -0.3 is 10.0 Å². The van der Waals surface area contributed by atoms with E-state index in [0.29, 0.717) is 25.9 Å². The van der Waals surface area contributed by atoms with Crippen LogP contribution in [0, 0.1) is 13.8 Å². The van der Waals surface area contributed by atoms with Crippen molar-refractivity contribution in [3.05, 3.63) is 65.0 Å². The molecule has 1 aliphatic rings. The lowest BCUT2D eigenvalue weighted by molar-refractivity contribution is -0.134. The molecule has 2 aromatic carbocycles. The molecular weight excluding hydrogens is 350 g/mol. The van der Waals surface area contributed by atoms with E-state index < -0.39 is 6.10 Å². The average molecular weight is 377 g/mol. The fraction of sp³-hybridized carbons (Fsp3) is 0.391. The first-order valence-electron chi connectivity index (χ1n) is 9.98. The number of aliphatic hydroxyl groups excluding tert-OH is 1. The van der Waals surface area contributed by atoms with E-state index >= 15 is 0 Å². The van der Waals surface area contributed by atoms with Gasteiger partial charge in [-0.15, -0.1) is 0 Å². The maximum Gasteiger partial charge on any atom is 0.223 e. The van der Waals surface area contributed by atoms with Crippen molar-refractivity contribution in [3.63, 3.8) is 0 Å². The second-order valence-corrected chi connectivity index (χ2v) is 7.83. The molecule has 5 nitrogen and oxygen atoms in total. The quantitative estimate of drug-likeness (QED) is 0.731. The van der Waals surface area contributed by atoms with Crippen molar-refractivity contribution in [2.45, 2.75) is 45.1 Å². The number of likely N-dealkylation sites (tertiary alicyclic amines) is 1. The molecule has 1 saturated heterocycles. The van der Waals surface area contributed by atoms with Crippen LogP contribution < -0.4 is 0 Å². The maximum atomic E-state index is 12.6. The van der Waals surface area contributed by atoms with Crippen molar-refractivity contribution >= 4 is 16.7 Å². The monoisotopic (exact) mass is 377 g/mol. The highest BCUT2D eigenvalue weighted by atomic mass is 16.3. The summed E-state index contributed by atoms with van der Waals surface area (Å²) in [5.74, 6) is 0.168. The molecule has 3 aromatic rings. The molecule has 146 valence electrons. The molecule has 4 rings (SSSR count). The van der Waals surface area contributed by atoms with E-state index in [-0.39, 0.29) is 11.8 Å². The summed E-state index contributed by atoms with van der Waals surface area (Å²) in [6.45, 7) is 5.10. The third-order valence-electron chi connectivity index (χ3n) is 6.07. The predicted molar refractivity (Wildman–Crippen MR) is 110 cm³/mol. The number of rotatable bonds is 4. The number of fused-ring (bicyclic) bond motifs is 1. The van der Waals surface area contributed by atoms with Crippen LogP contribution in [-0.4, -0.2) is 45.3 Å². The molecule has 2 N–H and O–H groups in total.